The first kappa shape index (κ1) is 8.66. The zero-order chi connectivity index (χ0) is 9.10. The molecule has 3 nitrogen and oxygen atoms in total. The van der Waals surface area contributed by atoms with Crippen molar-refractivity contribution >= 4 is 0 Å². The van der Waals surface area contributed by atoms with Gasteiger partial charge in [0.05, 0.1) is 12.2 Å². The van der Waals surface area contributed by atoms with Crippen molar-refractivity contribution < 1.29 is 9.84 Å². The molecule has 0 aromatic carbocycles. The number of rotatable bonds is 1. The Morgan fingerprint density at radius 2 is 2.46 bits per heavy atom. The maximum Gasteiger partial charge on any atom is 0.0864 e. The molecule has 13 heavy (non-hydrogen) atoms. The van der Waals surface area contributed by atoms with E-state index in [1.807, 2.05) is 12.1 Å². The third-order valence-corrected chi connectivity index (χ3v) is 2.31. The average molecular weight is 179 g/mol. The van der Waals surface area contributed by atoms with E-state index in [0.717, 1.165) is 12.0 Å². The van der Waals surface area contributed by atoms with Crippen molar-refractivity contribution in [3.8, 4) is 0 Å². The largest absolute Gasteiger partial charge is 0.393 e. The van der Waals surface area contributed by atoms with Gasteiger partial charge >= 0.3 is 0 Å². The van der Waals surface area contributed by atoms with Crippen molar-refractivity contribution in [1.29, 1.82) is 0 Å². The van der Waals surface area contributed by atoms with Gasteiger partial charge in [-0.1, -0.05) is 6.07 Å². The molecule has 2 heterocycles. The number of pyridine rings is 1. The Morgan fingerprint density at radius 3 is 3.15 bits per heavy atom. The Bertz CT molecular complexity index is 263. The molecule has 2 atom stereocenters. The van der Waals surface area contributed by atoms with Crippen LogP contribution in [0.5, 0.6) is 0 Å². The minimum Gasteiger partial charge on any atom is -0.393 e. The molecule has 1 fully saturated rings. The Morgan fingerprint density at radius 1 is 1.54 bits per heavy atom. The summed E-state index contributed by atoms with van der Waals surface area (Å²) in [6.07, 6.45) is 4.77. The first-order chi connectivity index (χ1) is 6.36. The maximum atomic E-state index is 9.44. The standard InChI is InChI=1S/C10H13NO2/c12-9-3-5-13-10(6-9)8-2-1-4-11-7-8/h1-2,4,7,9-10,12H,3,5-6H2. The van der Waals surface area contributed by atoms with Gasteiger partial charge in [0.25, 0.3) is 0 Å². The molecule has 0 amide bonds. The third kappa shape index (κ3) is 2.05. The predicted octanol–water partition coefficient (Wildman–Crippen LogP) is 1.29. The molecule has 70 valence electrons. The molecule has 0 saturated carbocycles. The first-order valence-electron chi connectivity index (χ1n) is 4.56. The van der Waals surface area contributed by atoms with Gasteiger partial charge in [0.1, 0.15) is 0 Å². The minimum absolute atomic E-state index is 0.0254. The molecule has 1 N–H and O–H groups in total. The molecule has 0 spiro atoms. The first-order valence-corrected chi connectivity index (χ1v) is 4.56. The number of aliphatic hydroxyl groups excluding tert-OH is 1. The van der Waals surface area contributed by atoms with E-state index in [1.165, 1.54) is 0 Å². The van der Waals surface area contributed by atoms with E-state index in [4.69, 9.17) is 4.74 Å². The van der Waals surface area contributed by atoms with E-state index in [1.54, 1.807) is 12.4 Å². The van der Waals surface area contributed by atoms with E-state index < -0.39 is 0 Å². The second kappa shape index (κ2) is 3.85. The molecule has 0 radical (unpaired) electrons. The SMILES string of the molecule is OC1CCOC(c2cccnc2)C1. The molecular weight excluding hydrogens is 166 g/mol. The van der Waals surface area contributed by atoms with Crippen molar-refractivity contribution in [3.05, 3.63) is 30.1 Å². The Kier molecular flexibility index (Phi) is 2.57. The summed E-state index contributed by atoms with van der Waals surface area (Å²) < 4.78 is 5.53. The molecule has 1 aromatic heterocycles. The Hall–Kier alpha value is -0.930. The van der Waals surface area contributed by atoms with Crippen molar-refractivity contribution in [2.75, 3.05) is 6.61 Å². The van der Waals surface area contributed by atoms with Crippen LogP contribution in [0.2, 0.25) is 0 Å². The lowest BCUT2D eigenvalue weighted by Crippen LogP contribution is -2.23. The van der Waals surface area contributed by atoms with Gasteiger partial charge in [-0.15, -0.1) is 0 Å². The highest BCUT2D eigenvalue weighted by Gasteiger charge is 2.21. The molecule has 1 aromatic rings. The second-order valence-electron chi connectivity index (χ2n) is 3.32. The van der Waals surface area contributed by atoms with Gasteiger partial charge in [-0.3, -0.25) is 4.98 Å². The normalized spacial score (nSPS) is 28.7. The van der Waals surface area contributed by atoms with E-state index in [2.05, 4.69) is 4.98 Å². The average Bonchev–Trinajstić information content (AvgIpc) is 2.19. The summed E-state index contributed by atoms with van der Waals surface area (Å²) >= 11 is 0. The van der Waals surface area contributed by atoms with Gasteiger partial charge in [0, 0.05) is 25.4 Å². The van der Waals surface area contributed by atoms with E-state index >= 15 is 0 Å². The molecule has 2 unspecified atom stereocenters. The zero-order valence-corrected chi connectivity index (χ0v) is 7.39. The zero-order valence-electron chi connectivity index (χ0n) is 7.39. The van der Waals surface area contributed by atoms with Gasteiger partial charge in [0.2, 0.25) is 0 Å². The fourth-order valence-electron chi connectivity index (χ4n) is 1.58. The lowest BCUT2D eigenvalue weighted by Gasteiger charge is -2.26. The van der Waals surface area contributed by atoms with Crippen LogP contribution in [0.3, 0.4) is 0 Å². The summed E-state index contributed by atoms with van der Waals surface area (Å²) in [5.74, 6) is 0. The highest BCUT2D eigenvalue weighted by molar-refractivity contribution is 5.12. The van der Waals surface area contributed by atoms with Crippen LogP contribution in [0.1, 0.15) is 24.5 Å². The molecule has 0 aliphatic carbocycles. The second-order valence-corrected chi connectivity index (χ2v) is 3.32. The third-order valence-electron chi connectivity index (χ3n) is 2.31. The van der Waals surface area contributed by atoms with Gasteiger partial charge in [0.15, 0.2) is 0 Å². The van der Waals surface area contributed by atoms with E-state index in [0.29, 0.717) is 13.0 Å². The van der Waals surface area contributed by atoms with Crippen LogP contribution in [0.25, 0.3) is 0 Å². The summed E-state index contributed by atoms with van der Waals surface area (Å²) in [4.78, 5) is 4.02. The summed E-state index contributed by atoms with van der Waals surface area (Å²) in [6, 6.07) is 3.87. The van der Waals surface area contributed by atoms with Gasteiger partial charge in [-0.25, -0.2) is 0 Å². The summed E-state index contributed by atoms with van der Waals surface area (Å²) in [7, 11) is 0. The lowest BCUT2D eigenvalue weighted by atomic mass is 10.0. The smallest absolute Gasteiger partial charge is 0.0864 e. The highest BCUT2D eigenvalue weighted by Crippen LogP contribution is 2.27. The molecule has 1 saturated heterocycles. The highest BCUT2D eigenvalue weighted by atomic mass is 16.5. The van der Waals surface area contributed by atoms with Crippen LogP contribution in [-0.4, -0.2) is 22.8 Å². The van der Waals surface area contributed by atoms with Crippen LogP contribution >= 0.6 is 0 Å². The summed E-state index contributed by atoms with van der Waals surface area (Å²) in [5.41, 5.74) is 1.06. The quantitative estimate of drug-likeness (QED) is 0.706. The van der Waals surface area contributed by atoms with E-state index in [9.17, 15) is 5.11 Å². The van der Waals surface area contributed by atoms with E-state index in [-0.39, 0.29) is 12.2 Å². The van der Waals surface area contributed by atoms with Crippen molar-refractivity contribution in [1.82, 2.24) is 4.98 Å². The van der Waals surface area contributed by atoms with Crippen molar-refractivity contribution in [2.24, 2.45) is 0 Å². The number of ether oxygens (including phenoxy) is 1. The minimum atomic E-state index is -0.223. The number of aromatic nitrogens is 1. The number of aliphatic hydroxyl groups is 1. The molecular formula is C10H13NO2. The van der Waals surface area contributed by atoms with Crippen LogP contribution in [0.4, 0.5) is 0 Å². The van der Waals surface area contributed by atoms with Gasteiger partial charge < -0.3 is 9.84 Å². The Labute approximate surface area is 77.4 Å². The van der Waals surface area contributed by atoms with Crippen LogP contribution in [0, 0.1) is 0 Å². The lowest BCUT2D eigenvalue weighted by molar-refractivity contribution is -0.0449. The maximum absolute atomic E-state index is 9.44. The van der Waals surface area contributed by atoms with Crippen molar-refractivity contribution in [3.63, 3.8) is 0 Å². The fourth-order valence-corrected chi connectivity index (χ4v) is 1.58. The van der Waals surface area contributed by atoms with Crippen LogP contribution in [-0.2, 0) is 4.74 Å². The van der Waals surface area contributed by atoms with Gasteiger partial charge in [-0.2, -0.15) is 0 Å². The Balaban J connectivity index is 2.08. The fraction of sp³-hybridized carbons (Fsp3) is 0.500. The topological polar surface area (TPSA) is 42.4 Å². The summed E-state index contributed by atoms with van der Waals surface area (Å²) in [5, 5.41) is 9.44. The number of nitrogens with zero attached hydrogens (tertiary/aromatic N) is 1. The van der Waals surface area contributed by atoms with Crippen LogP contribution < -0.4 is 0 Å². The molecule has 0 bridgehead atoms. The molecule has 1 aliphatic heterocycles. The predicted molar refractivity (Wildman–Crippen MR) is 48.2 cm³/mol. The molecule has 1 aliphatic rings. The van der Waals surface area contributed by atoms with Crippen LogP contribution in [0.15, 0.2) is 24.5 Å². The van der Waals surface area contributed by atoms with Gasteiger partial charge in [-0.05, 0) is 18.1 Å². The molecule has 3 heteroatoms. The van der Waals surface area contributed by atoms with Crippen molar-refractivity contribution in [2.45, 2.75) is 25.0 Å². The summed E-state index contributed by atoms with van der Waals surface area (Å²) in [6.45, 7) is 0.640. The molecule has 2 rings (SSSR count). The number of hydrogen-bond acceptors (Lipinski definition) is 3. The monoisotopic (exact) mass is 179 g/mol. The number of hydrogen-bond donors (Lipinski definition) is 1.